The summed E-state index contributed by atoms with van der Waals surface area (Å²) in [7, 11) is 0. The molecule has 2 rings (SSSR count). The maximum absolute atomic E-state index is 6.20. The van der Waals surface area contributed by atoms with Crippen LogP contribution in [-0.2, 0) is 0 Å². The van der Waals surface area contributed by atoms with Crippen molar-refractivity contribution >= 4 is 54.8 Å². The Bertz CT molecular complexity index is 512. The molecule has 0 spiro atoms. The molecule has 0 aliphatic rings. The second-order valence-electron chi connectivity index (χ2n) is 3.31. The van der Waals surface area contributed by atoms with Gasteiger partial charge in [0.2, 0.25) is 0 Å². The third kappa shape index (κ3) is 2.68. The molecule has 1 unspecified atom stereocenters. The molecule has 0 fully saturated rings. The van der Waals surface area contributed by atoms with Crippen molar-refractivity contribution in [3.05, 3.63) is 54.1 Å². The van der Waals surface area contributed by atoms with E-state index in [0.717, 1.165) is 18.7 Å². The molecule has 2 aromatic rings. The zero-order valence-electron chi connectivity index (χ0n) is 8.08. The number of hydrogen-bond donors (Lipinski definition) is 1. The number of rotatable bonds is 2. The van der Waals surface area contributed by atoms with Crippen molar-refractivity contribution in [1.29, 1.82) is 0 Å². The van der Waals surface area contributed by atoms with Gasteiger partial charge >= 0.3 is 0 Å². The van der Waals surface area contributed by atoms with Gasteiger partial charge in [-0.3, -0.25) is 0 Å². The fourth-order valence-corrected chi connectivity index (χ4v) is 4.57. The van der Waals surface area contributed by atoms with Gasteiger partial charge in [0.25, 0.3) is 0 Å². The molecule has 2 N–H and O–H groups in total. The van der Waals surface area contributed by atoms with E-state index in [0.29, 0.717) is 5.02 Å². The zero-order chi connectivity index (χ0) is 11.7. The molecule has 1 heterocycles. The largest absolute Gasteiger partial charge is 0.320 e. The molecule has 5 heteroatoms. The van der Waals surface area contributed by atoms with Gasteiger partial charge in [0.15, 0.2) is 0 Å². The minimum Gasteiger partial charge on any atom is -0.320 e. The fraction of sp³-hybridized carbons (Fsp3) is 0.0909. The van der Waals surface area contributed by atoms with Gasteiger partial charge in [-0.2, -0.15) is 0 Å². The monoisotopic (exact) mass is 379 g/mol. The van der Waals surface area contributed by atoms with E-state index in [9.17, 15) is 0 Å². The molecule has 0 bridgehead atoms. The first-order valence-electron chi connectivity index (χ1n) is 4.53. The average molecular weight is 382 g/mol. The summed E-state index contributed by atoms with van der Waals surface area (Å²) >= 11 is 14.5. The number of nitrogens with two attached hydrogens (primary N) is 1. The zero-order valence-corrected chi connectivity index (χ0v) is 12.8. The third-order valence-corrected chi connectivity index (χ3v) is 4.85. The lowest BCUT2D eigenvalue weighted by atomic mass is 10.0. The number of benzene rings is 1. The van der Waals surface area contributed by atoms with Gasteiger partial charge in [-0.05, 0) is 61.2 Å². The van der Waals surface area contributed by atoms with E-state index in [4.69, 9.17) is 17.3 Å². The van der Waals surface area contributed by atoms with Crippen molar-refractivity contribution in [2.24, 2.45) is 5.73 Å². The molecule has 1 atom stereocenters. The summed E-state index contributed by atoms with van der Waals surface area (Å²) in [5.41, 5.74) is 8.28. The summed E-state index contributed by atoms with van der Waals surface area (Å²) in [6, 6.07) is 9.50. The van der Waals surface area contributed by atoms with Gasteiger partial charge in [-0.25, -0.2) is 0 Å². The minimum absolute atomic E-state index is 0.157. The van der Waals surface area contributed by atoms with Gasteiger partial charge < -0.3 is 5.73 Å². The molecule has 84 valence electrons. The highest BCUT2D eigenvalue weighted by Crippen LogP contribution is 2.37. The Hall–Kier alpha value is 0.130. The lowest BCUT2D eigenvalue weighted by Crippen LogP contribution is -2.11. The molecule has 16 heavy (non-hydrogen) atoms. The fourth-order valence-electron chi connectivity index (χ4n) is 1.44. The van der Waals surface area contributed by atoms with Crippen molar-refractivity contribution in [2.75, 3.05) is 0 Å². The maximum atomic E-state index is 6.20. The predicted molar refractivity (Wildman–Crippen MR) is 77.2 cm³/mol. The Labute approximate surface area is 120 Å². The first-order valence-corrected chi connectivity index (χ1v) is 7.32. The van der Waals surface area contributed by atoms with E-state index in [-0.39, 0.29) is 6.04 Å². The van der Waals surface area contributed by atoms with Gasteiger partial charge in [-0.1, -0.05) is 23.7 Å². The van der Waals surface area contributed by atoms with Crippen LogP contribution in [0, 0.1) is 0 Å². The van der Waals surface area contributed by atoms with E-state index in [1.165, 1.54) is 0 Å². The Kier molecular flexibility index (Phi) is 4.08. The Morgan fingerprint density at radius 1 is 1.25 bits per heavy atom. The molecular formula is C11H8Br2ClNS. The highest BCUT2D eigenvalue weighted by Gasteiger charge is 2.15. The topological polar surface area (TPSA) is 26.0 Å². The van der Waals surface area contributed by atoms with Crippen molar-refractivity contribution in [2.45, 2.75) is 6.04 Å². The van der Waals surface area contributed by atoms with Crippen molar-refractivity contribution in [1.82, 2.24) is 0 Å². The lowest BCUT2D eigenvalue weighted by molar-refractivity contribution is 0.872. The predicted octanol–water partition coefficient (Wildman–Crippen LogP) is 4.97. The van der Waals surface area contributed by atoms with Crippen molar-refractivity contribution < 1.29 is 0 Å². The maximum Gasteiger partial charge on any atom is 0.0761 e. The van der Waals surface area contributed by atoms with E-state index >= 15 is 0 Å². The summed E-state index contributed by atoms with van der Waals surface area (Å²) < 4.78 is 2.11. The quantitative estimate of drug-likeness (QED) is 0.780. The number of thiophene rings is 1. The summed E-state index contributed by atoms with van der Waals surface area (Å²) in [4.78, 5) is 0. The van der Waals surface area contributed by atoms with E-state index < -0.39 is 0 Å². The number of halogens is 3. The van der Waals surface area contributed by atoms with Crippen LogP contribution in [0.15, 0.2) is 37.9 Å². The molecule has 1 aromatic carbocycles. The summed E-state index contributed by atoms with van der Waals surface area (Å²) in [6.45, 7) is 0. The average Bonchev–Trinajstić information content (AvgIpc) is 2.57. The molecule has 0 saturated carbocycles. The van der Waals surface area contributed by atoms with Crippen LogP contribution in [0.5, 0.6) is 0 Å². The van der Waals surface area contributed by atoms with Crippen LogP contribution >= 0.6 is 54.8 Å². The summed E-state index contributed by atoms with van der Waals surface area (Å²) in [6.07, 6.45) is 0. The van der Waals surface area contributed by atoms with Crippen molar-refractivity contribution in [3.63, 3.8) is 0 Å². The van der Waals surface area contributed by atoms with Gasteiger partial charge in [0.1, 0.15) is 0 Å². The lowest BCUT2D eigenvalue weighted by Gasteiger charge is -2.11. The first-order chi connectivity index (χ1) is 7.58. The Balaban J connectivity index is 2.38. The van der Waals surface area contributed by atoms with Crippen LogP contribution in [0.4, 0.5) is 0 Å². The molecule has 1 aromatic heterocycles. The second-order valence-corrected chi connectivity index (χ2v) is 7.50. The van der Waals surface area contributed by atoms with E-state index in [1.807, 2.05) is 30.3 Å². The normalized spacial score (nSPS) is 12.8. The highest BCUT2D eigenvalue weighted by atomic mass is 79.9. The molecule has 0 aliphatic carbocycles. The van der Waals surface area contributed by atoms with Crippen LogP contribution in [0.2, 0.25) is 5.02 Å². The summed E-state index contributed by atoms with van der Waals surface area (Å²) in [5.74, 6) is 0. The smallest absolute Gasteiger partial charge is 0.0761 e. The number of hydrogen-bond acceptors (Lipinski definition) is 2. The SMILES string of the molecule is NC(c1cccc(Cl)c1)c1cc(Br)sc1Br. The van der Waals surface area contributed by atoms with Crippen LogP contribution in [0.3, 0.4) is 0 Å². The molecule has 0 saturated heterocycles. The van der Waals surface area contributed by atoms with E-state index in [1.54, 1.807) is 11.3 Å². The van der Waals surface area contributed by atoms with Crippen LogP contribution in [-0.4, -0.2) is 0 Å². The Morgan fingerprint density at radius 3 is 2.56 bits per heavy atom. The molecule has 1 nitrogen and oxygen atoms in total. The van der Waals surface area contributed by atoms with Crippen LogP contribution in [0.1, 0.15) is 17.2 Å². The third-order valence-electron chi connectivity index (χ3n) is 2.23. The molecule has 0 aliphatic heterocycles. The van der Waals surface area contributed by atoms with Gasteiger partial charge in [-0.15, -0.1) is 11.3 Å². The van der Waals surface area contributed by atoms with Crippen molar-refractivity contribution in [3.8, 4) is 0 Å². The minimum atomic E-state index is -0.157. The van der Waals surface area contributed by atoms with Gasteiger partial charge in [0.05, 0.1) is 13.6 Å². The second kappa shape index (κ2) is 5.19. The molecular weight excluding hydrogens is 373 g/mol. The van der Waals surface area contributed by atoms with E-state index in [2.05, 4.69) is 31.9 Å². The van der Waals surface area contributed by atoms with Crippen LogP contribution < -0.4 is 5.73 Å². The molecule has 0 radical (unpaired) electrons. The standard InChI is InChI=1S/C11H8Br2ClNS/c12-9-5-8(11(13)16-9)10(15)6-2-1-3-7(14)4-6/h1-5,10H,15H2. The summed E-state index contributed by atoms with van der Waals surface area (Å²) in [5, 5.41) is 0.707. The first kappa shape index (κ1) is 12.6. The van der Waals surface area contributed by atoms with Gasteiger partial charge in [0, 0.05) is 5.02 Å². The highest BCUT2D eigenvalue weighted by molar-refractivity contribution is 9.12. The van der Waals surface area contributed by atoms with Crippen LogP contribution in [0.25, 0.3) is 0 Å². The molecule has 0 amide bonds. The Morgan fingerprint density at radius 2 is 2.00 bits per heavy atom.